The van der Waals surface area contributed by atoms with Gasteiger partial charge in [-0.15, -0.1) is 0 Å². The molecular formula is C10H17N3O. The lowest BCUT2D eigenvalue weighted by molar-refractivity contribution is 0.0197. The quantitative estimate of drug-likeness (QED) is 0.756. The number of imidazole rings is 1. The van der Waals surface area contributed by atoms with E-state index >= 15 is 0 Å². The first-order valence-electron chi connectivity index (χ1n) is 5.17. The standard InChI is InChI=1S/C10H17N3O/c1-8-12-6-9(13-8)7-14-10-2-4-11-5-3-10/h6,10-11H,2-5,7H2,1H3,(H,12,13). The number of aromatic amines is 1. The van der Waals surface area contributed by atoms with Gasteiger partial charge in [0, 0.05) is 0 Å². The van der Waals surface area contributed by atoms with Gasteiger partial charge in [0.15, 0.2) is 0 Å². The van der Waals surface area contributed by atoms with Crippen molar-refractivity contribution < 1.29 is 4.74 Å². The average molecular weight is 195 g/mol. The van der Waals surface area contributed by atoms with E-state index in [1.807, 2.05) is 13.1 Å². The Balaban J connectivity index is 1.76. The fraction of sp³-hybridized carbons (Fsp3) is 0.700. The molecule has 4 nitrogen and oxygen atoms in total. The fourth-order valence-electron chi connectivity index (χ4n) is 1.71. The van der Waals surface area contributed by atoms with Crippen LogP contribution >= 0.6 is 0 Å². The molecule has 2 rings (SSSR count). The normalized spacial score (nSPS) is 18.6. The molecule has 1 aromatic heterocycles. The SMILES string of the molecule is Cc1ncc(COC2CCNCC2)[nH]1. The van der Waals surface area contributed by atoms with Crippen LogP contribution in [0.5, 0.6) is 0 Å². The van der Waals surface area contributed by atoms with Crippen molar-refractivity contribution in [1.29, 1.82) is 0 Å². The van der Waals surface area contributed by atoms with Gasteiger partial charge in [0.1, 0.15) is 5.82 Å². The molecule has 1 fully saturated rings. The van der Waals surface area contributed by atoms with Crippen molar-refractivity contribution in [3.05, 3.63) is 17.7 Å². The minimum absolute atomic E-state index is 0.417. The molecule has 4 heteroatoms. The number of piperidine rings is 1. The van der Waals surface area contributed by atoms with E-state index in [1.54, 1.807) is 0 Å². The number of aromatic nitrogens is 2. The summed E-state index contributed by atoms with van der Waals surface area (Å²) < 4.78 is 5.77. The lowest BCUT2D eigenvalue weighted by atomic mass is 10.1. The van der Waals surface area contributed by atoms with E-state index in [4.69, 9.17) is 4.74 Å². The summed E-state index contributed by atoms with van der Waals surface area (Å²) in [5, 5.41) is 3.32. The van der Waals surface area contributed by atoms with Crippen LogP contribution < -0.4 is 5.32 Å². The van der Waals surface area contributed by atoms with Crippen molar-refractivity contribution in [3.63, 3.8) is 0 Å². The second-order valence-electron chi connectivity index (χ2n) is 3.75. The van der Waals surface area contributed by atoms with Gasteiger partial charge in [-0.3, -0.25) is 0 Å². The highest BCUT2D eigenvalue weighted by Gasteiger charge is 2.13. The Hall–Kier alpha value is -0.870. The minimum atomic E-state index is 0.417. The Labute approximate surface area is 84.1 Å². The zero-order chi connectivity index (χ0) is 9.80. The van der Waals surface area contributed by atoms with Crippen LogP contribution in [0.2, 0.25) is 0 Å². The van der Waals surface area contributed by atoms with Crippen molar-refractivity contribution in [2.24, 2.45) is 0 Å². The van der Waals surface area contributed by atoms with Gasteiger partial charge in [-0.25, -0.2) is 4.98 Å². The Bertz CT molecular complexity index is 279. The number of ether oxygens (including phenoxy) is 1. The molecule has 0 amide bonds. The topological polar surface area (TPSA) is 49.9 Å². The second kappa shape index (κ2) is 4.57. The van der Waals surface area contributed by atoms with Crippen LogP contribution in [0.3, 0.4) is 0 Å². The number of H-pyrrole nitrogens is 1. The van der Waals surface area contributed by atoms with Gasteiger partial charge in [-0.2, -0.15) is 0 Å². The zero-order valence-electron chi connectivity index (χ0n) is 8.55. The van der Waals surface area contributed by atoms with Crippen LogP contribution in [0, 0.1) is 6.92 Å². The van der Waals surface area contributed by atoms with Gasteiger partial charge < -0.3 is 15.0 Å². The Morgan fingerprint density at radius 2 is 2.29 bits per heavy atom. The van der Waals surface area contributed by atoms with Crippen molar-refractivity contribution in [2.75, 3.05) is 13.1 Å². The van der Waals surface area contributed by atoms with Crippen molar-refractivity contribution in [1.82, 2.24) is 15.3 Å². The van der Waals surface area contributed by atoms with Crippen molar-refractivity contribution in [3.8, 4) is 0 Å². The summed E-state index contributed by atoms with van der Waals surface area (Å²) in [6.07, 6.45) is 4.50. The Morgan fingerprint density at radius 3 is 2.93 bits per heavy atom. The maximum absolute atomic E-state index is 5.77. The summed E-state index contributed by atoms with van der Waals surface area (Å²) in [7, 11) is 0. The number of nitrogens with zero attached hydrogens (tertiary/aromatic N) is 1. The molecule has 0 radical (unpaired) electrons. The molecule has 0 atom stereocenters. The molecule has 1 aromatic rings. The largest absolute Gasteiger partial charge is 0.372 e. The maximum atomic E-state index is 5.77. The third kappa shape index (κ3) is 2.56. The fourth-order valence-corrected chi connectivity index (χ4v) is 1.71. The molecule has 2 heterocycles. The first kappa shape index (κ1) is 9.68. The van der Waals surface area contributed by atoms with Crippen LogP contribution in [0.15, 0.2) is 6.20 Å². The first-order valence-corrected chi connectivity index (χ1v) is 5.17. The summed E-state index contributed by atoms with van der Waals surface area (Å²) in [4.78, 5) is 7.30. The van der Waals surface area contributed by atoms with Gasteiger partial charge in [-0.05, 0) is 32.9 Å². The number of hydrogen-bond acceptors (Lipinski definition) is 3. The molecule has 0 bridgehead atoms. The van der Waals surface area contributed by atoms with Crippen molar-refractivity contribution >= 4 is 0 Å². The molecule has 1 saturated heterocycles. The summed E-state index contributed by atoms with van der Waals surface area (Å²) in [5.74, 6) is 0.953. The molecule has 78 valence electrons. The molecule has 14 heavy (non-hydrogen) atoms. The van der Waals surface area contributed by atoms with Gasteiger partial charge in [-0.1, -0.05) is 0 Å². The highest BCUT2D eigenvalue weighted by atomic mass is 16.5. The molecular weight excluding hydrogens is 178 g/mol. The summed E-state index contributed by atoms with van der Waals surface area (Å²) in [6, 6.07) is 0. The van der Waals surface area contributed by atoms with Crippen molar-refractivity contribution in [2.45, 2.75) is 32.5 Å². The van der Waals surface area contributed by atoms with E-state index in [9.17, 15) is 0 Å². The second-order valence-corrected chi connectivity index (χ2v) is 3.75. The van der Waals surface area contributed by atoms with Crippen LogP contribution in [-0.2, 0) is 11.3 Å². The van der Waals surface area contributed by atoms with E-state index in [0.717, 1.165) is 37.4 Å². The number of aryl methyl sites for hydroxylation is 1. The molecule has 0 aromatic carbocycles. The summed E-state index contributed by atoms with van der Waals surface area (Å²) >= 11 is 0. The van der Waals surface area contributed by atoms with E-state index in [2.05, 4.69) is 15.3 Å². The third-order valence-electron chi connectivity index (χ3n) is 2.52. The third-order valence-corrected chi connectivity index (χ3v) is 2.52. The molecule has 1 aliphatic rings. The average Bonchev–Trinajstić information content (AvgIpc) is 2.63. The van der Waals surface area contributed by atoms with E-state index < -0.39 is 0 Å². The lowest BCUT2D eigenvalue weighted by Gasteiger charge is -2.22. The molecule has 0 unspecified atom stereocenters. The summed E-state index contributed by atoms with van der Waals surface area (Å²) in [6.45, 7) is 4.76. The highest BCUT2D eigenvalue weighted by molar-refractivity contribution is 4.98. The molecule has 1 aliphatic heterocycles. The van der Waals surface area contributed by atoms with Gasteiger partial charge >= 0.3 is 0 Å². The summed E-state index contributed by atoms with van der Waals surface area (Å²) in [5.41, 5.74) is 1.07. The monoisotopic (exact) mass is 195 g/mol. The molecule has 0 spiro atoms. The van der Waals surface area contributed by atoms with Gasteiger partial charge in [0.05, 0.1) is 24.6 Å². The molecule has 0 aliphatic carbocycles. The van der Waals surface area contributed by atoms with E-state index in [-0.39, 0.29) is 0 Å². The van der Waals surface area contributed by atoms with E-state index in [1.165, 1.54) is 0 Å². The van der Waals surface area contributed by atoms with Gasteiger partial charge in [0.2, 0.25) is 0 Å². The van der Waals surface area contributed by atoms with Gasteiger partial charge in [0.25, 0.3) is 0 Å². The van der Waals surface area contributed by atoms with Crippen LogP contribution in [0.25, 0.3) is 0 Å². The molecule has 0 saturated carbocycles. The Morgan fingerprint density at radius 1 is 1.50 bits per heavy atom. The number of rotatable bonds is 3. The number of hydrogen-bond donors (Lipinski definition) is 2. The predicted molar refractivity (Wildman–Crippen MR) is 54.0 cm³/mol. The minimum Gasteiger partial charge on any atom is -0.372 e. The number of nitrogens with one attached hydrogen (secondary N) is 2. The first-order chi connectivity index (χ1) is 6.84. The van der Waals surface area contributed by atoms with Crippen LogP contribution in [0.1, 0.15) is 24.4 Å². The maximum Gasteiger partial charge on any atom is 0.103 e. The smallest absolute Gasteiger partial charge is 0.103 e. The van der Waals surface area contributed by atoms with E-state index in [0.29, 0.717) is 12.7 Å². The molecule has 2 N–H and O–H groups in total. The van der Waals surface area contributed by atoms with Crippen LogP contribution in [-0.4, -0.2) is 29.2 Å². The van der Waals surface area contributed by atoms with Crippen LogP contribution in [0.4, 0.5) is 0 Å². The zero-order valence-corrected chi connectivity index (χ0v) is 8.55. The predicted octanol–water partition coefficient (Wildman–Crippen LogP) is 0.987. The Kier molecular flexibility index (Phi) is 3.16. The highest BCUT2D eigenvalue weighted by Crippen LogP contribution is 2.09. The lowest BCUT2D eigenvalue weighted by Crippen LogP contribution is -2.32.